The minimum atomic E-state index is -0.885. The smallest absolute Gasteiger partial charge is 0.357 e. The van der Waals surface area contributed by atoms with Gasteiger partial charge in [0.15, 0.2) is 6.10 Å². The number of hydrogen-bond acceptors (Lipinski definition) is 4. The lowest BCUT2D eigenvalue weighted by molar-refractivity contribution is -0.139. The van der Waals surface area contributed by atoms with Gasteiger partial charge in [-0.05, 0) is 24.6 Å². The van der Waals surface area contributed by atoms with Crippen LogP contribution in [0.3, 0.4) is 0 Å². The van der Waals surface area contributed by atoms with Gasteiger partial charge in [0.2, 0.25) is 0 Å². The molecule has 2 aromatic carbocycles. The van der Waals surface area contributed by atoms with E-state index in [1.54, 1.807) is 24.9 Å². The van der Waals surface area contributed by atoms with E-state index in [1.165, 1.54) is 0 Å². The third-order valence-corrected chi connectivity index (χ3v) is 4.08. The number of rotatable bonds is 5. The van der Waals surface area contributed by atoms with Gasteiger partial charge in [-0.2, -0.15) is 0 Å². The lowest BCUT2D eigenvalue weighted by Crippen LogP contribution is -2.37. The van der Waals surface area contributed by atoms with Gasteiger partial charge in [0.25, 0.3) is 5.91 Å². The number of carbonyl (C=O) groups excluding carboxylic acids is 2. The first kappa shape index (κ1) is 17.6. The number of nitrogens with zero attached hydrogens (tertiary/aromatic N) is 2. The topological polar surface area (TPSA) is 59.5 Å². The molecule has 0 aliphatic heterocycles. The SMILES string of the molecule is CC(OC(=O)c1ccc2ccccc2n1)C(=O)N(C)Cc1ccccc1. The second kappa shape index (κ2) is 7.78. The van der Waals surface area contributed by atoms with Gasteiger partial charge in [0.1, 0.15) is 5.69 Å². The molecule has 0 saturated heterocycles. The Labute approximate surface area is 152 Å². The molecule has 1 unspecified atom stereocenters. The average Bonchev–Trinajstić information content (AvgIpc) is 2.67. The molecule has 5 heteroatoms. The van der Waals surface area contributed by atoms with Crippen LogP contribution in [-0.4, -0.2) is 34.9 Å². The standard InChI is InChI=1S/C21H20N2O3/c1-15(20(24)23(2)14-16-8-4-3-5-9-16)26-21(25)19-13-12-17-10-6-7-11-18(17)22-19/h3-13,15H,14H2,1-2H3. The van der Waals surface area contributed by atoms with Crippen molar-refractivity contribution in [2.24, 2.45) is 0 Å². The van der Waals surface area contributed by atoms with Crippen molar-refractivity contribution in [2.75, 3.05) is 7.05 Å². The van der Waals surface area contributed by atoms with Gasteiger partial charge < -0.3 is 9.64 Å². The van der Waals surface area contributed by atoms with Crippen molar-refractivity contribution in [3.8, 4) is 0 Å². The largest absolute Gasteiger partial charge is 0.448 e. The molecule has 0 fully saturated rings. The zero-order chi connectivity index (χ0) is 18.5. The van der Waals surface area contributed by atoms with E-state index in [1.807, 2.05) is 60.7 Å². The van der Waals surface area contributed by atoms with Crippen LogP contribution in [0.2, 0.25) is 0 Å². The molecule has 0 aliphatic rings. The maximum absolute atomic E-state index is 12.5. The summed E-state index contributed by atoms with van der Waals surface area (Å²) in [6, 6.07) is 20.6. The van der Waals surface area contributed by atoms with Crippen LogP contribution in [0.15, 0.2) is 66.7 Å². The maximum atomic E-state index is 12.5. The van der Waals surface area contributed by atoms with E-state index in [0.29, 0.717) is 12.1 Å². The average molecular weight is 348 g/mol. The number of esters is 1. The molecule has 5 nitrogen and oxygen atoms in total. The van der Waals surface area contributed by atoms with E-state index < -0.39 is 12.1 Å². The Hall–Kier alpha value is -3.21. The lowest BCUT2D eigenvalue weighted by Gasteiger charge is -2.21. The summed E-state index contributed by atoms with van der Waals surface area (Å²) >= 11 is 0. The third kappa shape index (κ3) is 4.06. The number of para-hydroxylation sites is 1. The Morgan fingerprint density at radius 1 is 1.00 bits per heavy atom. The normalized spacial score (nSPS) is 11.8. The molecule has 0 spiro atoms. The molecule has 3 aromatic rings. The molecule has 1 atom stereocenters. The molecule has 0 radical (unpaired) electrons. The molecule has 3 rings (SSSR count). The van der Waals surface area contributed by atoms with Gasteiger partial charge in [-0.1, -0.05) is 54.6 Å². The van der Waals surface area contributed by atoms with Crippen LogP contribution in [0.5, 0.6) is 0 Å². The predicted octanol–water partition coefficient (Wildman–Crippen LogP) is 3.44. The highest BCUT2D eigenvalue weighted by Crippen LogP contribution is 2.13. The highest BCUT2D eigenvalue weighted by molar-refractivity contribution is 5.93. The highest BCUT2D eigenvalue weighted by Gasteiger charge is 2.23. The van der Waals surface area contributed by atoms with E-state index in [0.717, 1.165) is 10.9 Å². The zero-order valence-electron chi connectivity index (χ0n) is 14.8. The summed E-state index contributed by atoms with van der Waals surface area (Å²) < 4.78 is 5.31. The summed E-state index contributed by atoms with van der Waals surface area (Å²) in [5.41, 5.74) is 1.91. The van der Waals surface area contributed by atoms with Crippen molar-refractivity contribution in [1.29, 1.82) is 0 Å². The summed E-state index contributed by atoms with van der Waals surface area (Å²) in [6.45, 7) is 2.03. The van der Waals surface area contributed by atoms with Gasteiger partial charge >= 0.3 is 5.97 Å². The fourth-order valence-corrected chi connectivity index (χ4v) is 2.70. The minimum Gasteiger partial charge on any atom is -0.448 e. The van der Waals surface area contributed by atoms with Crippen LogP contribution >= 0.6 is 0 Å². The Morgan fingerprint density at radius 3 is 2.46 bits per heavy atom. The molecular weight excluding hydrogens is 328 g/mol. The molecule has 132 valence electrons. The summed E-state index contributed by atoms with van der Waals surface area (Å²) in [7, 11) is 1.69. The van der Waals surface area contributed by atoms with Gasteiger partial charge in [-0.15, -0.1) is 0 Å². The third-order valence-electron chi connectivity index (χ3n) is 4.08. The fraction of sp³-hybridized carbons (Fsp3) is 0.190. The van der Waals surface area contributed by atoms with E-state index in [2.05, 4.69) is 4.98 Å². The number of pyridine rings is 1. The van der Waals surface area contributed by atoms with E-state index in [9.17, 15) is 9.59 Å². The first-order chi connectivity index (χ1) is 12.5. The van der Waals surface area contributed by atoms with Gasteiger partial charge in [-0.25, -0.2) is 9.78 Å². The molecule has 1 aromatic heterocycles. The van der Waals surface area contributed by atoms with Crippen molar-refractivity contribution in [1.82, 2.24) is 9.88 Å². The minimum absolute atomic E-state index is 0.189. The van der Waals surface area contributed by atoms with E-state index in [4.69, 9.17) is 4.74 Å². The zero-order valence-corrected chi connectivity index (χ0v) is 14.8. The summed E-state index contributed by atoms with van der Waals surface area (Å²) in [5.74, 6) is -0.868. The number of fused-ring (bicyclic) bond motifs is 1. The monoisotopic (exact) mass is 348 g/mol. The summed E-state index contributed by atoms with van der Waals surface area (Å²) in [5, 5.41) is 0.941. The quantitative estimate of drug-likeness (QED) is 0.663. The van der Waals surface area contributed by atoms with Gasteiger partial charge in [-0.3, -0.25) is 4.79 Å². The van der Waals surface area contributed by atoms with Crippen LogP contribution in [0.25, 0.3) is 10.9 Å². The number of ether oxygens (including phenoxy) is 1. The molecular formula is C21H20N2O3. The van der Waals surface area contributed by atoms with Crippen LogP contribution in [0.1, 0.15) is 23.0 Å². The van der Waals surface area contributed by atoms with E-state index >= 15 is 0 Å². The molecule has 0 saturated carbocycles. The summed E-state index contributed by atoms with van der Waals surface area (Å²) in [6.07, 6.45) is -0.885. The second-order valence-electron chi connectivity index (χ2n) is 6.12. The summed E-state index contributed by atoms with van der Waals surface area (Å²) in [4.78, 5) is 30.6. The molecule has 1 heterocycles. The van der Waals surface area contributed by atoms with Crippen LogP contribution in [-0.2, 0) is 16.1 Å². The molecule has 26 heavy (non-hydrogen) atoms. The highest BCUT2D eigenvalue weighted by atomic mass is 16.5. The number of amides is 1. The number of aromatic nitrogens is 1. The fourth-order valence-electron chi connectivity index (χ4n) is 2.70. The van der Waals surface area contributed by atoms with Crippen molar-refractivity contribution < 1.29 is 14.3 Å². The van der Waals surface area contributed by atoms with Crippen molar-refractivity contribution in [2.45, 2.75) is 19.6 Å². The number of hydrogen-bond donors (Lipinski definition) is 0. The van der Waals surface area contributed by atoms with Gasteiger partial charge in [0.05, 0.1) is 5.52 Å². The van der Waals surface area contributed by atoms with Gasteiger partial charge in [0, 0.05) is 19.0 Å². The molecule has 0 N–H and O–H groups in total. The van der Waals surface area contributed by atoms with Crippen LogP contribution < -0.4 is 0 Å². The number of likely N-dealkylation sites (N-methyl/N-ethyl adjacent to an activating group) is 1. The molecule has 0 bridgehead atoms. The number of carbonyl (C=O) groups is 2. The van der Waals surface area contributed by atoms with Crippen molar-refractivity contribution in [3.63, 3.8) is 0 Å². The maximum Gasteiger partial charge on any atom is 0.357 e. The Kier molecular flexibility index (Phi) is 5.27. The lowest BCUT2D eigenvalue weighted by atomic mass is 10.2. The van der Waals surface area contributed by atoms with Crippen molar-refractivity contribution in [3.05, 3.63) is 78.0 Å². The first-order valence-electron chi connectivity index (χ1n) is 8.40. The Balaban J connectivity index is 1.64. The molecule has 1 amide bonds. The second-order valence-corrected chi connectivity index (χ2v) is 6.12. The molecule has 0 aliphatic carbocycles. The Morgan fingerprint density at radius 2 is 1.69 bits per heavy atom. The first-order valence-corrected chi connectivity index (χ1v) is 8.40. The predicted molar refractivity (Wildman–Crippen MR) is 99.5 cm³/mol. The Bertz CT molecular complexity index is 925. The van der Waals surface area contributed by atoms with Crippen LogP contribution in [0.4, 0.5) is 0 Å². The van der Waals surface area contributed by atoms with Crippen LogP contribution in [0, 0.1) is 0 Å². The van der Waals surface area contributed by atoms with E-state index in [-0.39, 0.29) is 11.6 Å². The van der Waals surface area contributed by atoms with Crippen molar-refractivity contribution >= 4 is 22.8 Å². The number of benzene rings is 2.